The van der Waals surface area contributed by atoms with Gasteiger partial charge in [-0.3, -0.25) is 9.59 Å². The molecule has 2 rings (SSSR count). The van der Waals surface area contributed by atoms with Crippen molar-refractivity contribution in [3.05, 3.63) is 71.3 Å². The van der Waals surface area contributed by atoms with E-state index < -0.39 is 0 Å². The van der Waals surface area contributed by atoms with E-state index in [0.29, 0.717) is 6.54 Å². The molecule has 0 spiro atoms. The summed E-state index contributed by atoms with van der Waals surface area (Å²) in [5.74, 6) is 0.139. The van der Waals surface area contributed by atoms with Crippen molar-refractivity contribution < 1.29 is 14.3 Å². The van der Waals surface area contributed by atoms with Gasteiger partial charge >= 0.3 is 0 Å². The van der Waals surface area contributed by atoms with E-state index in [1.165, 1.54) is 12.5 Å². The number of rotatable bonds is 8. The molecule has 0 heterocycles. The molecule has 2 aromatic carbocycles. The number of amides is 1. The van der Waals surface area contributed by atoms with Gasteiger partial charge in [0.05, 0.1) is 12.7 Å². The lowest BCUT2D eigenvalue weighted by molar-refractivity contribution is -0.121. The molecular weight excluding hydrogens is 314 g/mol. The minimum atomic E-state index is -0.337. The average molecular weight is 337 g/mol. The summed E-state index contributed by atoms with van der Waals surface area (Å²) in [4.78, 5) is 24.1. The Morgan fingerprint density at radius 1 is 1.04 bits per heavy atom. The van der Waals surface area contributed by atoms with Crippen LogP contribution in [-0.4, -0.2) is 25.3 Å². The van der Waals surface area contributed by atoms with E-state index in [-0.39, 0.29) is 17.3 Å². The Hall–Kier alpha value is -2.88. The third-order valence-electron chi connectivity index (χ3n) is 3.82. The number of carbonyl (C=O) groups excluding carboxylic acids is 2. The summed E-state index contributed by atoms with van der Waals surface area (Å²) in [6.45, 7) is 1.93. The van der Waals surface area contributed by atoms with Crippen LogP contribution >= 0.6 is 0 Å². The largest absolute Gasteiger partial charge is 0.497 e. The molecule has 4 heteroatoms. The van der Waals surface area contributed by atoms with Crippen LogP contribution in [0.2, 0.25) is 0 Å². The highest BCUT2D eigenvalue weighted by atomic mass is 16.5. The zero-order valence-corrected chi connectivity index (χ0v) is 14.6. The van der Waals surface area contributed by atoms with Crippen LogP contribution in [-0.2, 0) is 16.0 Å². The lowest BCUT2D eigenvalue weighted by atomic mass is 10.1. The molecule has 1 amide bonds. The van der Waals surface area contributed by atoms with Gasteiger partial charge in [0.2, 0.25) is 0 Å². The lowest BCUT2D eigenvalue weighted by Crippen LogP contribution is -2.28. The molecule has 0 fully saturated rings. The maximum absolute atomic E-state index is 12.3. The molecule has 0 aliphatic carbocycles. The Morgan fingerprint density at radius 3 is 2.32 bits per heavy atom. The molecule has 0 aromatic heterocycles. The van der Waals surface area contributed by atoms with E-state index in [0.717, 1.165) is 24.2 Å². The molecule has 2 aromatic rings. The number of nitrogens with one attached hydrogen (secondary N) is 1. The molecule has 130 valence electrons. The Balaban J connectivity index is 1.93. The number of aryl methyl sites for hydroxylation is 1. The fraction of sp³-hybridized carbons (Fsp3) is 0.238. The zero-order chi connectivity index (χ0) is 18.1. The van der Waals surface area contributed by atoms with Crippen molar-refractivity contribution in [2.75, 3.05) is 13.7 Å². The SMILES string of the molecule is COc1ccc(/C=C(/C(C)=O)C(=O)NCCCc2ccccc2)cc1. The molecule has 0 aliphatic rings. The van der Waals surface area contributed by atoms with Gasteiger partial charge in [-0.2, -0.15) is 0 Å². The molecule has 4 nitrogen and oxygen atoms in total. The topological polar surface area (TPSA) is 55.4 Å². The van der Waals surface area contributed by atoms with Gasteiger partial charge in [0.1, 0.15) is 5.75 Å². The van der Waals surface area contributed by atoms with E-state index in [4.69, 9.17) is 4.74 Å². The molecule has 0 unspecified atom stereocenters. The standard InChI is InChI=1S/C21H23NO3/c1-16(23)20(15-18-10-12-19(25-2)13-11-18)21(24)22-14-6-9-17-7-4-3-5-8-17/h3-5,7-8,10-13,15H,6,9,14H2,1-2H3,(H,22,24)/b20-15-. The first kappa shape index (κ1) is 18.5. The Morgan fingerprint density at radius 2 is 1.72 bits per heavy atom. The maximum atomic E-state index is 12.3. The van der Waals surface area contributed by atoms with Crippen molar-refractivity contribution >= 4 is 17.8 Å². The minimum Gasteiger partial charge on any atom is -0.497 e. The second kappa shape index (κ2) is 9.42. The number of carbonyl (C=O) groups is 2. The zero-order valence-electron chi connectivity index (χ0n) is 14.6. The Bertz CT molecular complexity index is 733. The molecule has 0 saturated carbocycles. The minimum absolute atomic E-state index is 0.157. The molecular formula is C21H23NO3. The maximum Gasteiger partial charge on any atom is 0.254 e. The smallest absolute Gasteiger partial charge is 0.254 e. The van der Waals surface area contributed by atoms with Gasteiger partial charge in [-0.25, -0.2) is 0 Å². The number of ether oxygens (including phenoxy) is 1. The fourth-order valence-corrected chi connectivity index (χ4v) is 2.43. The van der Waals surface area contributed by atoms with Crippen LogP contribution in [0.3, 0.4) is 0 Å². The Kier molecular flexibility index (Phi) is 6.96. The van der Waals surface area contributed by atoms with Gasteiger partial charge in [0.15, 0.2) is 5.78 Å². The summed E-state index contributed by atoms with van der Waals surface area (Å²) >= 11 is 0. The number of hydrogen-bond donors (Lipinski definition) is 1. The van der Waals surface area contributed by atoms with E-state index in [2.05, 4.69) is 17.4 Å². The van der Waals surface area contributed by atoms with E-state index in [1.807, 2.05) is 30.3 Å². The summed E-state index contributed by atoms with van der Waals surface area (Å²) in [5, 5.41) is 2.82. The number of benzene rings is 2. The van der Waals surface area contributed by atoms with Crippen molar-refractivity contribution in [1.82, 2.24) is 5.32 Å². The van der Waals surface area contributed by atoms with Gasteiger partial charge in [0.25, 0.3) is 5.91 Å². The first-order valence-corrected chi connectivity index (χ1v) is 8.29. The van der Waals surface area contributed by atoms with Crippen LogP contribution in [0.4, 0.5) is 0 Å². The first-order chi connectivity index (χ1) is 12.1. The van der Waals surface area contributed by atoms with Crippen LogP contribution in [0.1, 0.15) is 24.5 Å². The van der Waals surface area contributed by atoms with E-state index in [1.54, 1.807) is 25.3 Å². The van der Waals surface area contributed by atoms with Crippen molar-refractivity contribution in [3.8, 4) is 5.75 Å². The highest BCUT2D eigenvalue weighted by Gasteiger charge is 2.13. The van der Waals surface area contributed by atoms with Crippen LogP contribution in [0.15, 0.2) is 60.2 Å². The van der Waals surface area contributed by atoms with Gasteiger partial charge in [0, 0.05) is 6.54 Å². The van der Waals surface area contributed by atoms with Crippen molar-refractivity contribution in [3.63, 3.8) is 0 Å². The number of Topliss-reactive ketones (excluding diaryl/α,β-unsaturated/α-hetero) is 1. The second-order valence-corrected chi connectivity index (χ2v) is 5.73. The predicted octanol–water partition coefficient (Wildman–Crippen LogP) is 3.42. The highest BCUT2D eigenvalue weighted by Crippen LogP contribution is 2.14. The summed E-state index contributed by atoms with van der Waals surface area (Å²) in [5.41, 5.74) is 2.17. The number of methoxy groups -OCH3 is 1. The van der Waals surface area contributed by atoms with Crippen molar-refractivity contribution in [2.45, 2.75) is 19.8 Å². The molecule has 0 saturated heterocycles. The third-order valence-corrected chi connectivity index (χ3v) is 3.82. The summed E-state index contributed by atoms with van der Waals surface area (Å²) in [7, 11) is 1.59. The van der Waals surface area contributed by atoms with Crippen LogP contribution in [0.25, 0.3) is 6.08 Å². The highest BCUT2D eigenvalue weighted by molar-refractivity contribution is 6.21. The monoisotopic (exact) mass is 337 g/mol. The van der Waals surface area contributed by atoms with E-state index >= 15 is 0 Å². The predicted molar refractivity (Wildman–Crippen MR) is 99.4 cm³/mol. The summed E-state index contributed by atoms with van der Waals surface area (Å²) in [6, 6.07) is 17.3. The average Bonchev–Trinajstić information content (AvgIpc) is 2.64. The van der Waals surface area contributed by atoms with Gasteiger partial charge in [-0.05, 0) is 49.1 Å². The summed E-state index contributed by atoms with van der Waals surface area (Å²) < 4.78 is 5.10. The van der Waals surface area contributed by atoms with Crippen LogP contribution in [0.5, 0.6) is 5.75 Å². The summed E-state index contributed by atoms with van der Waals surface area (Å²) in [6.07, 6.45) is 3.32. The fourth-order valence-electron chi connectivity index (χ4n) is 2.43. The van der Waals surface area contributed by atoms with Crippen LogP contribution < -0.4 is 10.1 Å². The first-order valence-electron chi connectivity index (χ1n) is 8.29. The Labute approximate surface area is 148 Å². The molecule has 0 atom stereocenters. The van der Waals surface area contributed by atoms with E-state index in [9.17, 15) is 9.59 Å². The lowest BCUT2D eigenvalue weighted by Gasteiger charge is -2.07. The van der Waals surface area contributed by atoms with Crippen molar-refractivity contribution in [2.24, 2.45) is 0 Å². The molecule has 0 bridgehead atoms. The number of hydrogen-bond acceptors (Lipinski definition) is 3. The van der Waals surface area contributed by atoms with Gasteiger partial charge < -0.3 is 10.1 Å². The normalized spacial score (nSPS) is 11.0. The molecule has 0 radical (unpaired) electrons. The second-order valence-electron chi connectivity index (χ2n) is 5.73. The number of ketones is 1. The van der Waals surface area contributed by atoms with Gasteiger partial charge in [-0.1, -0.05) is 42.5 Å². The van der Waals surface area contributed by atoms with Gasteiger partial charge in [-0.15, -0.1) is 0 Å². The van der Waals surface area contributed by atoms with Crippen LogP contribution in [0, 0.1) is 0 Å². The molecule has 0 aliphatic heterocycles. The quantitative estimate of drug-likeness (QED) is 0.347. The molecule has 1 N–H and O–H groups in total. The van der Waals surface area contributed by atoms with Crippen molar-refractivity contribution in [1.29, 1.82) is 0 Å². The molecule has 25 heavy (non-hydrogen) atoms. The third kappa shape index (κ3) is 5.92.